The van der Waals surface area contributed by atoms with Crippen LogP contribution >= 0.6 is 0 Å². The maximum absolute atomic E-state index is 12.3. The van der Waals surface area contributed by atoms with Gasteiger partial charge >= 0.3 is 5.97 Å². The molecule has 0 atom stereocenters. The third-order valence-electron chi connectivity index (χ3n) is 4.49. The summed E-state index contributed by atoms with van der Waals surface area (Å²) in [6, 6.07) is 9.81. The normalized spacial score (nSPS) is 12.2. The van der Waals surface area contributed by atoms with Crippen LogP contribution in [0.3, 0.4) is 0 Å². The second kappa shape index (κ2) is 9.55. The Morgan fingerprint density at radius 2 is 1.74 bits per heavy atom. The zero-order valence-electron chi connectivity index (χ0n) is 20.0. The van der Waals surface area contributed by atoms with E-state index in [9.17, 15) is 13.2 Å². The molecule has 0 saturated carbocycles. The molecule has 10 heteroatoms. The highest BCUT2D eigenvalue weighted by Crippen LogP contribution is 2.33. The van der Waals surface area contributed by atoms with Crippen LogP contribution in [0, 0.1) is 5.92 Å². The number of nitrogens with zero attached hydrogens (tertiary/aromatic N) is 2. The van der Waals surface area contributed by atoms with Crippen molar-refractivity contribution >= 4 is 37.9 Å². The lowest BCUT2D eigenvalue weighted by molar-refractivity contribution is -0.135. The Labute approximate surface area is 198 Å². The lowest BCUT2D eigenvalue weighted by Gasteiger charge is -2.10. The fourth-order valence-corrected chi connectivity index (χ4v) is 3.94. The highest BCUT2D eigenvalue weighted by Gasteiger charge is 2.23. The Balaban J connectivity index is 0.000000751. The molecule has 0 spiro atoms. The van der Waals surface area contributed by atoms with Gasteiger partial charge in [-0.25, -0.2) is 8.42 Å². The van der Waals surface area contributed by atoms with Crippen molar-refractivity contribution in [2.24, 2.45) is 5.92 Å². The number of benzene rings is 2. The van der Waals surface area contributed by atoms with Crippen molar-refractivity contribution in [2.75, 3.05) is 6.54 Å². The molecule has 0 aliphatic heterocycles. The molecule has 0 fully saturated rings. The van der Waals surface area contributed by atoms with Crippen molar-refractivity contribution in [2.45, 2.75) is 51.9 Å². The summed E-state index contributed by atoms with van der Waals surface area (Å²) in [6.07, 6.45) is 0. The van der Waals surface area contributed by atoms with Gasteiger partial charge in [0.25, 0.3) is 0 Å². The molecule has 0 bridgehead atoms. The highest BCUT2D eigenvalue weighted by atomic mass is 32.2. The van der Waals surface area contributed by atoms with Gasteiger partial charge in [-0.2, -0.15) is 9.71 Å². The van der Waals surface area contributed by atoms with Gasteiger partial charge in [0.15, 0.2) is 0 Å². The molecule has 4 rings (SSSR count). The van der Waals surface area contributed by atoms with E-state index in [-0.39, 0.29) is 10.3 Å². The van der Waals surface area contributed by atoms with Gasteiger partial charge < -0.3 is 14.0 Å². The van der Waals surface area contributed by atoms with Crippen molar-refractivity contribution in [3.63, 3.8) is 0 Å². The van der Waals surface area contributed by atoms with E-state index in [1.165, 1.54) is 12.1 Å². The van der Waals surface area contributed by atoms with Crippen LogP contribution in [0.5, 0.6) is 0 Å². The molecule has 182 valence electrons. The van der Waals surface area contributed by atoms with E-state index in [1.807, 2.05) is 31.6 Å². The second-order valence-corrected chi connectivity index (χ2v) is 11.4. The van der Waals surface area contributed by atoms with Gasteiger partial charge in [-0.3, -0.25) is 4.79 Å². The average molecular weight is 488 g/mol. The Kier molecular flexibility index (Phi) is 7.13. The van der Waals surface area contributed by atoms with Crippen LogP contribution in [-0.2, 0) is 20.2 Å². The third-order valence-corrected chi connectivity index (χ3v) is 5.89. The SMILES string of the molecule is CC(C)(C)c1nc(-c2ccc3oc4cc(S(=O)(=O)NCC(=O)O)ccc4c3c2)no1.CC(C)C. The van der Waals surface area contributed by atoms with E-state index >= 15 is 0 Å². The number of carbonyl (C=O) groups is 1. The summed E-state index contributed by atoms with van der Waals surface area (Å²) >= 11 is 0. The van der Waals surface area contributed by atoms with Crippen LogP contribution in [0.15, 0.2) is 50.2 Å². The van der Waals surface area contributed by atoms with E-state index in [4.69, 9.17) is 14.0 Å². The van der Waals surface area contributed by atoms with Crippen LogP contribution in [0.1, 0.15) is 47.4 Å². The van der Waals surface area contributed by atoms with Crippen LogP contribution in [0.2, 0.25) is 0 Å². The molecule has 34 heavy (non-hydrogen) atoms. The third kappa shape index (κ3) is 5.81. The first-order valence-electron chi connectivity index (χ1n) is 10.8. The molecule has 0 saturated heterocycles. The van der Waals surface area contributed by atoms with Crippen LogP contribution in [0.25, 0.3) is 33.3 Å². The Bertz CT molecular complexity index is 1430. The summed E-state index contributed by atoms with van der Waals surface area (Å²) in [4.78, 5) is 15.0. The van der Waals surface area contributed by atoms with Gasteiger partial charge in [0.2, 0.25) is 21.7 Å². The van der Waals surface area contributed by atoms with Gasteiger partial charge in [-0.15, -0.1) is 0 Å². The van der Waals surface area contributed by atoms with Crippen LogP contribution < -0.4 is 4.72 Å². The summed E-state index contributed by atoms with van der Waals surface area (Å²) in [5, 5.41) is 14.2. The Hall–Kier alpha value is -3.24. The van der Waals surface area contributed by atoms with Crippen molar-refractivity contribution < 1.29 is 27.3 Å². The van der Waals surface area contributed by atoms with Crippen LogP contribution in [-0.4, -0.2) is 36.2 Å². The number of rotatable bonds is 5. The molecule has 4 aromatic rings. The smallest absolute Gasteiger partial charge is 0.318 e. The predicted molar refractivity (Wildman–Crippen MR) is 129 cm³/mol. The van der Waals surface area contributed by atoms with Gasteiger partial charge in [0.1, 0.15) is 17.7 Å². The van der Waals surface area contributed by atoms with Crippen molar-refractivity contribution in [1.29, 1.82) is 0 Å². The number of furan rings is 1. The predicted octanol–water partition coefficient (Wildman–Crippen LogP) is 4.96. The number of hydrogen-bond acceptors (Lipinski definition) is 7. The van der Waals surface area contributed by atoms with E-state index < -0.39 is 22.5 Å². The first-order chi connectivity index (χ1) is 15.8. The van der Waals surface area contributed by atoms with Gasteiger partial charge in [-0.05, 0) is 36.2 Å². The number of carboxylic acids is 1. The largest absolute Gasteiger partial charge is 0.480 e. The van der Waals surface area contributed by atoms with E-state index in [2.05, 4.69) is 30.9 Å². The summed E-state index contributed by atoms with van der Waals surface area (Å²) in [5.74, 6) is 0.540. The summed E-state index contributed by atoms with van der Waals surface area (Å²) in [5.41, 5.74) is 1.41. The van der Waals surface area contributed by atoms with E-state index in [1.54, 1.807) is 18.2 Å². The first kappa shape index (κ1) is 25.4. The maximum Gasteiger partial charge on any atom is 0.318 e. The lowest BCUT2D eigenvalue weighted by Crippen LogP contribution is -2.29. The number of hydrogen-bond donors (Lipinski definition) is 2. The zero-order chi connectivity index (χ0) is 25.3. The number of aliphatic carboxylic acids is 1. The second-order valence-electron chi connectivity index (χ2n) is 9.59. The number of carboxylic acid groups (broad SMARTS) is 1. The molecule has 2 heterocycles. The molecule has 0 amide bonds. The van der Waals surface area contributed by atoms with E-state index in [0.717, 1.165) is 16.9 Å². The summed E-state index contributed by atoms with van der Waals surface area (Å²) in [6.45, 7) is 11.7. The Morgan fingerprint density at radius 3 is 2.32 bits per heavy atom. The molecular weight excluding hydrogens is 458 g/mol. The topological polar surface area (TPSA) is 136 Å². The standard InChI is InChI=1S/C20H19N3O6S.C4H10/c1-20(2,3)19-22-18(23-29-19)11-4-7-15-14(8-11)13-6-5-12(9-16(13)28-15)30(26,27)21-10-17(24)25;1-4(2)3/h4-9,21H,10H2,1-3H3,(H,24,25);4H,1-3H3. The molecule has 2 aromatic heterocycles. The number of fused-ring (bicyclic) bond motifs is 3. The lowest BCUT2D eigenvalue weighted by atomic mass is 9.97. The summed E-state index contributed by atoms with van der Waals surface area (Å²) < 4.78 is 37.7. The molecule has 0 radical (unpaired) electrons. The number of nitrogens with one attached hydrogen (secondary N) is 1. The summed E-state index contributed by atoms with van der Waals surface area (Å²) in [7, 11) is -3.97. The molecule has 0 aliphatic carbocycles. The quantitative estimate of drug-likeness (QED) is 0.403. The highest BCUT2D eigenvalue weighted by molar-refractivity contribution is 7.89. The van der Waals surface area contributed by atoms with Crippen molar-refractivity contribution in [3.05, 3.63) is 42.3 Å². The number of aromatic nitrogens is 2. The minimum absolute atomic E-state index is 0.0801. The fraction of sp³-hybridized carbons (Fsp3) is 0.375. The van der Waals surface area contributed by atoms with Crippen LogP contribution in [0.4, 0.5) is 0 Å². The molecule has 2 aromatic carbocycles. The van der Waals surface area contributed by atoms with Gasteiger partial charge in [-0.1, -0.05) is 46.7 Å². The molecule has 9 nitrogen and oxygen atoms in total. The molecule has 0 aliphatic rings. The monoisotopic (exact) mass is 487 g/mol. The maximum atomic E-state index is 12.3. The molecule has 2 N–H and O–H groups in total. The fourth-order valence-electron chi connectivity index (χ4n) is 2.95. The minimum Gasteiger partial charge on any atom is -0.480 e. The molecule has 0 unspecified atom stereocenters. The first-order valence-corrected chi connectivity index (χ1v) is 12.3. The van der Waals surface area contributed by atoms with Gasteiger partial charge in [0.05, 0.1) is 4.90 Å². The van der Waals surface area contributed by atoms with E-state index in [0.29, 0.717) is 28.3 Å². The van der Waals surface area contributed by atoms with Crippen molar-refractivity contribution in [1.82, 2.24) is 14.9 Å². The Morgan fingerprint density at radius 1 is 1.06 bits per heavy atom. The minimum atomic E-state index is -3.97. The van der Waals surface area contributed by atoms with Crippen molar-refractivity contribution in [3.8, 4) is 11.4 Å². The zero-order valence-corrected chi connectivity index (χ0v) is 20.9. The number of sulfonamides is 1. The van der Waals surface area contributed by atoms with Gasteiger partial charge in [0, 0.05) is 27.8 Å². The molecular formula is C24H29N3O6S. The average Bonchev–Trinajstić information content (AvgIpc) is 3.36.